The third kappa shape index (κ3) is 2.73. The van der Waals surface area contributed by atoms with E-state index in [2.05, 4.69) is 9.67 Å². The van der Waals surface area contributed by atoms with Gasteiger partial charge in [0.2, 0.25) is 0 Å². The second-order valence-electron chi connectivity index (χ2n) is 7.60. The van der Waals surface area contributed by atoms with Crippen molar-refractivity contribution in [3.05, 3.63) is 58.9 Å². The van der Waals surface area contributed by atoms with Crippen molar-refractivity contribution in [1.29, 1.82) is 0 Å². The molecule has 7 heteroatoms. The van der Waals surface area contributed by atoms with Gasteiger partial charge in [0.25, 0.3) is 5.91 Å². The molecule has 6 nitrogen and oxygen atoms in total. The summed E-state index contributed by atoms with van der Waals surface area (Å²) < 4.78 is 17.4. The minimum atomic E-state index is -0.272. The molecule has 0 radical (unpaired) electrons. The maximum atomic E-state index is 13.4. The zero-order valence-corrected chi connectivity index (χ0v) is 15.9. The molecule has 2 aliphatic rings. The number of carbonyl (C=O) groups is 1. The summed E-state index contributed by atoms with van der Waals surface area (Å²) in [5.74, 6) is 0.458. The van der Waals surface area contributed by atoms with Crippen LogP contribution in [-0.2, 0) is 33.1 Å². The van der Waals surface area contributed by atoms with Crippen LogP contribution < -0.4 is 0 Å². The quantitative estimate of drug-likeness (QED) is 0.686. The zero-order valence-electron chi connectivity index (χ0n) is 15.9. The van der Waals surface area contributed by atoms with Gasteiger partial charge in [0, 0.05) is 31.3 Å². The third-order valence-corrected chi connectivity index (χ3v) is 5.81. The van der Waals surface area contributed by atoms with Gasteiger partial charge in [-0.1, -0.05) is 6.42 Å². The number of fused-ring (bicyclic) bond motifs is 2. The molecule has 28 heavy (non-hydrogen) atoms. The predicted molar refractivity (Wildman–Crippen MR) is 102 cm³/mol. The fraction of sp³-hybridized carbons (Fsp3) is 0.381. The summed E-state index contributed by atoms with van der Waals surface area (Å²) in [6.07, 6.45) is 5.93. The number of aromatic nitrogens is 4. The molecule has 1 amide bonds. The molecule has 0 aliphatic carbocycles. The van der Waals surface area contributed by atoms with E-state index in [9.17, 15) is 9.18 Å². The summed E-state index contributed by atoms with van der Waals surface area (Å²) >= 11 is 0. The van der Waals surface area contributed by atoms with Crippen molar-refractivity contribution in [2.45, 2.75) is 45.3 Å². The molecule has 3 aromatic rings. The minimum absolute atomic E-state index is 0.0322. The van der Waals surface area contributed by atoms with Crippen LogP contribution >= 0.6 is 0 Å². The van der Waals surface area contributed by atoms with Crippen molar-refractivity contribution in [2.75, 3.05) is 0 Å². The zero-order chi connectivity index (χ0) is 19.3. The van der Waals surface area contributed by atoms with E-state index in [-0.39, 0.29) is 11.7 Å². The maximum absolute atomic E-state index is 13.4. The highest BCUT2D eigenvalue weighted by molar-refractivity contribution is 5.94. The first-order valence-corrected chi connectivity index (χ1v) is 9.76. The van der Waals surface area contributed by atoms with Gasteiger partial charge >= 0.3 is 0 Å². The molecule has 1 aromatic carbocycles. The number of amides is 1. The van der Waals surface area contributed by atoms with Crippen LogP contribution in [0.3, 0.4) is 0 Å². The monoisotopic (exact) mass is 379 g/mol. The lowest BCUT2D eigenvalue weighted by atomic mass is 10.1. The Kier molecular flexibility index (Phi) is 4.03. The highest BCUT2D eigenvalue weighted by Crippen LogP contribution is 2.30. The fourth-order valence-corrected chi connectivity index (χ4v) is 4.29. The predicted octanol–water partition coefficient (Wildman–Crippen LogP) is 3.31. The van der Waals surface area contributed by atoms with Gasteiger partial charge in [0.15, 0.2) is 0 Å². The summed E-state index contributed by atoms with van der Waals surface area (Å²) in [6.45, 7) is 1.97. The van der Waals surface area contributed by atoms with Crippen molar-refractivity contribution in [3.63, 3.8) is 0 Å². The number of aryl methyl sites for hydroxylation is 1. The Morgan fingerprint density at radius 1 is 1.07 bits per heavy atom. The molecule has 2 aliphatic heterocycles. The van der Waals surface area contributed by atoms with Crippen molar-refractivity contribution in [2.24, 2.45) is 7.05 Å². The summed E-state index contributed by atoms with van der Waals surface area (Å²) in [5.41, 5.74) is 4.58. The van der Waals surface area contributed by atoms with Gasteiger partial charge in [-0.2, -0.15) is 5.10 Å². The van der Waals surface area contributed by atoms with E-state index in [1.807, 2.05) is 22.8 Å². The maximum Gasteiger partial charge on any atom is 0.275 e. The average Bonchev–Trinajstić information content (AvgIpc) is 3.32. The molecule has 0 spiro atoms. The van der Waals surface area contributed by atoms with Gasteiger partial charge in [0.05, 0.1) is 24.1 Å². The molecular weight excluding hydrogens is 357 g/mol. The van der Waals surface area contributed by atoms with E-state index in [1.54, 1.807) is 12.1 Å². The molecule has 0 bridgehead atoms. The molecule has 0 saturated carbocycles. The first-order chi connectivity index (χ1) is 13.6. The molecule has 0 N–H and O–H groups in total. The Bertz CT molecular complexity index is 1050. The van der Waals surface area contributed by atoms with E-state index in [1.165, 1.54) is 12.1 Å². The van der Waals surface area contributed by atoms with Crippen LogP contribution in [0.25, 0.3) is 11.4 Å². The summed E-state index contributed by atoms with van der Waals surface area (Å²) in [5, 5.41) is 4.27. The Labute approximate surface area is 162 Å². The molecule has 0 fully saturated rings. The van der Waals surface area contributed by atoms with Gasteiger partial charge in [0.1, 0.15) is 17.3 Å². The standard InChI is InChI=1S/C21H22FN5O/c1-25-18-13-26(12-15(18)11-23-25)21(28)19-17-5-3-2-4-10-27(17)20(24-19)14-6-8-16(22)9-7-14/h6-9,11H,2-5,10,12-13H2,1H3. The lowest BCUT2D eigenvalue weighted by Gasteiger charge is -2.15. The number of hydrogen-bond donors (Lipinski definition) is 0. The summed E-state index contributed by atoms with van der Waals surface area (Å²) in [7, 11) is 1.90. The summed E-state index contributed by atoms with van der Waals surface area (Å²) in [4.78, 5) is 20.0. The number of hydrogen-bond acceptors (Lipinski definition) is 3. The van der Waals surface area contributed by atoms with Gasteiger partial charge in [-0.25, -0.2) is 9.37 Å². The number of halogens is 1. The number of nitrogens with zero attached hydrogens (tertiary/aromatic N) is 5. The minimum Gasteiger partial charge on any atom is -0.327 e. The second kappa shape index (κ2) is 6.58. The molecule has 2 aromatic heterocycles. The van der Waals surface area contributed by atoms with Gasteiger partial charge in [-0.05, 0) is 43.5 Å². The van der Waals surface area contributed by atoms with Gasteiger partial charge < -0.3 is 9.47 Å². The normalized spacial score (nSPS) is 16.0. The molecule has 4 heterocycles. The van der Waals surface area contributed by atoms with E-state index < -0.39 is 0 Å². The van der Waals surface area contributed by atoms with Crippen LogP contribution in [0.5, 0.6) is 0 Å². The lowest BCUT2D eigenvalue weighted by molar-refractivity contribution is 0.0741. The molecule has 0 atom stereocenters. The Morgan fingerprint density at radius 3 is 2.68 bits per heavy atom. The molecule has 0 saturated heterocycles. The van der Waals surface area contributed by atoms with E-state index in [0.717, 1.165) is 60.6 Å². The van der Waals surface area contributed by atoms with Crippen LogP contribution in [0.15, 0.2) is 30.5 Å². The molecule has 144 valence electrons. The summed E-state index contributed by atoms with van der Waals surface area (Å²) in [6, 6.07) is 6.36. The van der Waals surface area contributed by atoms with Crippen LogP contribution in [0, 0.1) is 5.82 Å². The van der Waals surface area contributed by atoms with Crippen LogP contribution in [0.4, 0.5) is 4.39 Å². The Balaban J connectivity index is 1.54. The Hall–Kier alpha value is -2.96. The smallest absolute Gasteiger partial charge is 0.275 e. The molecule has 5 rings (SSSR count). The van der Waals surface area contributed by atoms with Crippen LogP contribution in [0.1, 0.15) is 46.7 Å². The first-order valence-electron chi connectivity index (χ1n) is 9.76. The third-order valence-electron chi connectivity index (χ3n) is 5.81. The highest BCUT2D eigenvalue weighted by atomic mass is 19.1. The van der Waals surface area contributed by atoms with Crippen LogP contribution in [0.2, 0.25) is 0 Å². The molecular formula is C21H22FN5O. The first kappa shape index (κ1) is 17.2. The number of benzene rings is 1. The SMILES string of the molecule is Cn1ncc2c1CN(C(=O)c1nc(-c3ccc(F)cc3)n3c1CCCCC3)C2. The van der Waals surface area contributed by atoms with Crippen LogP contribution in [-0.4, -0.2) is 30.1 Å². The number of rotatable bonds is 2. The highest BCUT2D eigenvalue weighted by Gasteiger charge is 2.32. The second-order valence-corrected chi connectivity index (χ2v) is 7.60. The van der Waals surface area contributed by atoms with E-state index in [4.69, 9.17) is 4.98 Å². The van der Waals surface area contributed by atoms with Gasteiger partial charge in [-0.3, -0.25) is 9.48 Å². The fourth-order valence-electron chi connectivity index (χ4n) is 4.29. The molecule has 0 unspecified atom stereocenters. The van der Waals surface area contributed by atoms with Crippen molar-refractivity contribution < 1.29 is 9.18 Å². The lowest BCUT2D eigenvalue weighted by Crippen LogP contribution is -2.27. The van der Waals surface area contributed by atoms with Crippen molar-refractivity contribution >= 4 is 5.91 Å². The van der Waals surface area contributed by atoms with Crippen molar-refractivity contribution in [1.82, 2.24) is 24.2 Å². The Morgan fingerprint density at radius 2 is 1.89 bits per heavy atom. The topological polar surface area (TPSA) is 56.0 Å². The van der Waals surface area contributed by atoms with Crippen molar-refractivity contribution in [3.8, 4) is 11.4 Å². The number of carbonyl (C=O) groups excluding carboxylic acids is 1. The van der Waals surface area contributed by atoms with E-state index >= 15 is 0 Å². The van der Waals surface area contributed by atoms with Gasteiger partial charge in [-0.15, -0.1) is 0 Å². The number of imidazole rings is 1. The average molecular weight is 379 g/mol. The van der Waals surface area contributed by atoms with E-state index in [0.29, 0.717) is 18.8 Å². The largest absolute Gasteiger partial charge is 0.327 e.